The van der Waals surface area contributed by atoms with Crippen LogP contribution in [0.15, 0.2) is 60.9 Å². The van der Waals surface area contributed by atoms with Gasteiger partial charge in [0, 0.05) is 28.5 Å². The summed E-state index contributed by atoms with van der Waals surface area (Å²) in [5, 5.41) is -2.47. The summed E-state index contributed by atoms with van der Waals surface area (Å²) in [6.45, 7) is 0. The normalized spacial score (nSPS) is 17.0. The van der Waals surface area contributed by atoms with Gasteiger partial charge in [0.05, 0.1) is 5.56 Å². The molecule has 2 heterocycles. The highest BCUT2D eigenvalue weighted by molar-refractivity contribution is 6.55. The summed E-state index contributed by atoms with van der Waals surface area (Å²) in [5.41, 5.74) is 1.61. The summed E-state index contributed by atoms with van der Waals surface area (Å²) in [5.74, 6) is 0.324. The molecule has 0 fully saturated rings. The van der Waals surface area contributed by atoms with Crippen molar-refractivity contribution < 1.29 is 27.4 Å². The minimum absolute atomic E-state index is 0.267. The first kappa shape index (κ1) is 25.9. The van der Waals surface area contributed by atoms with Crippen LogP contribution in [0.2, 0.25) is 0 Å². The highest BCUT2D eigenvalue weighted by Crippen LogP contribution is 2.40. The summed E-state index contributed by atoms with van der Waals surface area (Å²) in [6.07, 6.45) is -1.49. The fraction of sp³-hybridized carbons (Fsp3) is 0.190. The molecule has 0 saturated heterocycles. The van der Waals surface area contributed by atoms with E-state index < -0.39 is 22.4 Å². The van der Waals surface area contributed by atoms with E-state index in [4.69, 9.17) is 4.74 Å². The van der Waals surface area contributed by atoms with E-state index in [9.17, 15) is 18.0 Å². The summed E-state index contributed by atoms with van der Waals surface area (Å²) >= 11 is 0. The van der Waals surface area contributed by atoms with Crippen LogP contribution in [0.5, 0.6) is 11.5 Å². The van der Waals surface area contributed by atoms with Gasteiger partial charge in [-0.15, -0.1) is 13.2 Å². The van der Waals surface area contributed by atoms with E-state index in [2.05, 4.69) is 14.7 Å². The van der Waals surface area contributed by atoms with Crippen LogP contribution in [0.25, 0.3) is 11.1 Å². The second-order valence-corrected chi connectivity index (χ2v) is 10.2. The number of rotatable bonds is 4. The molecule has 0 aliphatic carbocycles. The van der Waals surface area contributed by atoms with Crippen LogP contribution in [0.1, 0.15) is 16.2 Å². The van der Waals surface area contributed by atoms with Crippen LogP contribution in [0, 0.1) is 0 Å². The number of aromatic nitrogens is 2. The van der Waals surface area contributed by atoms with Gasteiger partial charge in [-0.2, -0.15) is 0 Å². The summed E-state index contributed by atoms with van der Waals surface area (Å²) in [6, 6.07) is 12.4. The Hall–Kier alpha value is -3.23. The van der Waals surface area contributed by atoms with Crippen molar-refractivity contribution >= 4 is 53.0 Å². The number of ether oxygens (including phenoxy) is 2. The molecule has 1 amide bonds. The quantitative estimate of drug-likeness (QED) is 0.392. The lowest BCUT2D eigenvalue weighted by Crippen LogP contribution is -2.74. The number of hydrogen-bond acceptors (Lipinski definition) is 5. The Labute approximate surface area is 212 Å². The van der Waals surface area contributed by atoms with E-state index >= 15 is 0 Å². The van der Waals surface area contributed by atoms with Crippen molar-refractivity contribution in [2.45, 2.75) is 22.4 Å². The van der Waals surface area contributed by atoms with Crippen molar-refractivity contribution in [1.29, 1.82) is 0 Å². The molecule has 1 aliphatic heterocycles. The molecule has 0 spiro atoms. The Morgan fingerprint density at radius 2 is 1.50 bits per heavy atom. The van der Waals surface area contributed by atoms with E-state index in [1.807, 2.05) is 47.1 Å². The molecule has 0 radical (unpaired) electrons. The maximum Gasteiger partial charge on any atom is 0.573 e. The number of fused-ring (bicyclic) bond motifs is 1. The van der Waals surface area contributed by atoms with E-state index in [1.165, 1.54) is 24.3 Å². The van der Waals surface area contributed by atoms with Gasteiger partial charge >= 0.3 is 6.36 Å². The number of halogens is 3. The molecule has 0 unspecified atom stereocenters. The first-order valence-electron chi connectivity index (χ1n) is 11.4. The molecule has 0 bridgehead atoms. The average Bonchev–Trinajstić information content (AvgIpc) is 2.84. The highest BCUT2D eigenvalue weighted by atomic mass is 19.4. The van der Waals surface area contributed by atoms with Crippen molar-refractivity contribution in [2.24, 2.45) is 0 Å². The van der Waals surface area contributed by atoms with Gasteiger partial charge in [0.1, 0.15) is 64.4 Å². The van der Waals surface area contributed by atoms with E-state index in [0.29, 0.717) is 28.3 Å². The van der Waals surface area contributed by atoms with Crippen LogP contribution >= 0.6 is 0 Å². The lowest BCUT2D eigenvalue weighted by Gasteiger charge is -2.54. The van der Waals surface area contributed by atoms with Crippen molar-refractivity contribution in [3.8, 4) is 22.6 Å². The fourth-order valence-electron chi connectivity index (χ4n) is 4.53. The van der Waals surface area contributed by atoms with Gasteiger partial charge in [-0.3, -0.25) is 4.79 Å². The van der Waals surface area contributed by atoms with Crippen LogP contribution in [0.4, 0.5) is 13.2 Å². The zero-order valence-corrected chi connectivity index (χ0v) is 21.0. The summed E-state index contributed by atoms with van der Waals surface area (Å²) < 4.78 is 48.0. The molecule has 0 atom stereocenters. The minimum Gasteiger partial charge on any atom is -0.504 e. The molecule has 1 aliphatic rings. The Morgan fingerprint density at radius 1 is 0.917 bits per heavy atom. The third kappa shape index (κ3) is 4.63. The van der Waals surface area contributed by atoms with E-state index in [0.717, 1.165) is 0 Å². The van der Waals surface area contributed by atoms with Gasteiger partial charge in [0.2, 0.25) is 0 Å². The molecule has 15 heteroatoms. The first-order chi connectivity index (χ1) is 16.6. The number of carbonyl (C=O) groups is 1. The topological polar surface area (TPSA) is 64.6 Å². The molecular formula is C21H22B6F3N3O3. The Bertz CT molecular complexity index is 1290. The number of benzene rings is 2. The molecule has 6 nitrogen and oxygen atoms in total. The summed E-state index contributed by atoms with van der Waals surface area (Å²) in [4.78, 5) is 24.8. The number of carbonyl (C=O) groups excluding carboxylic acids is 1. The van der Waals surface area contributed by atoms with Crippen LogP contribution in [-0.2, 0) is 5.34 Å². The number of alkyl halides is 3. The molecular weight excluding hydrogens is 464 g/mol. The second-order valence-electron chi connectivity index (χ2n) is 10.2. The second kappa shape index (κ2) is 8.71. The van der Waals surface area contributed by atoms with E-state index in [1.54, 1.807) is 41.6 Å². The van der Waals surface area contributed by atoms with Gasteiger partial charge in [-0.05, 0) is 41.5 Å². The van der Waals surface area contributed by atoms with Gasteiger partial charge in [0.15, 0.2) is 0 Å². The Balaban J connectivity index is 1.81. The molecule has 3 aromatic rings. The van der Waals surface area contributed by atoms with Crippen molar-refractivity contribution in [3.05, 3.63) is 72.3 Å². The van der Waals surface area contributed by atoms with Gasteiger partial charge in [-0.25, -0.2) is 9.97 Å². The lowest BCUT2D eigenvalue weighted by atomic mass is 9.37. The molecule has 2 aromatic carbocycles. The zero-order chi connectivity index (χ0) is 26.5. The van der Waals surface area contributed by atoms with Crippen molar-refractivity contribution in [2.75, 3.05) is 0 Å². The number of nitrogens with zero attached hydrogens (tertiary/aromatic N) is 3. The standard InChI is InChI=1S/C21H22B6F3N3O3/c22-18(23,17-31-8-1-9-32-17)33-16(34)14-10-12(4-7-15(14)36-20(26,27)19(33,24)25)11-2-5-13(6-3-11)35-21(28,29)30/h1-10H,22-27H2. The number of amides is 1. The predicted octanol–water partition coefficient (Wildman–Crippen LogP) is -2.21. The van der Waals surface area contributed by atoms with E-state index in [-0.39, 0.29) is 11.7 Å². The predicted molar refractivity (Wildman–Crippen MR) is 146 cm³/mol. The molecule has 36 heavy (non-hydrogen) atoms. The van der Waals surface area contributed by atoms with Crippen LogP contribution in [0.3, 0.4) is 0 Å². The molecule has 0 N–H and O–H groups in total. The monoisotopic (exact) mass is 487 g/mol. The fourth-order valence-corrected chi connectivity index (χ4v) is 4.53. The van der Waals surface area contributed by atoms with Crippen LogP contribution in [-0.4, -0.2) is 85.0 Å². The first-order valence-corrected chi connectivity index (χ1v) is 11.4. The van der Waals surface area contributed by atoms with Gasteiger partial charge in [-0.1, -0.05) is 18.2 Å². The third-order valence-corrected chi connectivity index (χ3v) is 6.90. The Kier molecular flexibility index (Phi) is 6.25. The van der Waals surface area contributed by atoms with Crippen LogP contribution < -0.4 is 9.47 Å². The molecule has 4 rings (SSSR count). The van der Waals surface area contributed by atoms with Crippen molar-refractivity contribution in [1.82, 2.24) is 14.9 Å². The average molecular weight is 486 g/mol. The highest BCUT2D eigenvalue weighted by Gasteiger charge is 2.53. The maximum absolute atomic E-state index is 14.2. The Morgan fingerprint density at radius 3 is 2.08 bits per heavy atom. The third-order valence-electron chi connectivity index (χ3n) is 6.90. The lowest BCUT2D eigenvalue weighted by molar-refractivity contribution is -0.274. The summed E-state index contributed by atoms with van der Waals surface area (Å²) in [7, 11) is 11.5. The molecule has 1 aromatic heterocycles. The molecule has 0 saturated carbocycles. The smallest absolute Gasteiger partial charge is 0.504 e. The zero-order valence-electron chi connectivity index (χ0n) is 21.0. The number of hydrogen-bond donors (Lipinski definition) is 0. The minimum atomic E-state index is -4.77. The largest absolute Gasteiger partial charge is 0.573 e. The van der Waals surface area contributed by atoms with Crippen molar-refractivity contribution in [3.63, 3.8) is 0 Å². The maximum atomic E-state index is 14.2. The SMILES string of the molecule is BC(B)(c1ncccn1)N1C(=O)c2cc(-c3ccc(OC(F)(F)F)cc3)ccc2OC(B)(B)C1(B)B. The van der Waals surface area contributed by atoms with Gasteiger partial charge < -0.3 is 14.4 Å². The van der Waals surface area contributed by atoms with Gasteiger partial charge in [0.25, 0.3) is 5.91 Å². The molecule has 178 valence electrons.